The van der Waals surface area contributed by atoms with Crippen molar-refractivity contribution in [2.75, 3.05) is 18.5 Å². The maximum atomic E-state index is 13.2. The molecule has 0 saturated carbocycles. The molecule has 0 amide bonds. The Labute approximate surface area is 162 Å². The van der Waals surface area contributed by atoms with E-state index in [1.807, 2.05) is 18.2 Å². The van der Waals surface area contributed by atoms with Gasteiger partial charge in [-0.15, -0.1) is 0 Å². The molecule has 0 aliphatic heterocycles. The van der Waals surface area contributed by atoms with Crippen molar-refractivity contribution in [1.29, 1.82) is 0 Å². The second kappa shape index (κ2) is 6.72. The Bertz CT molecular complexity index is 1230. The van der Waals surface area contributed by atoms with Gasteiger partial charge in [-0.1, -0.05) is 0 Å². The largest absolute Gasteiger partial charge is 0.497 e. The molecule has 0 unspecified atom stereocenters. The van der Waals surface area contributed by atoms with Gasteiger partial charge in [-0.2, -0.15) is 5.10 Å². The summed E-state index contributed by atoms with van der Waals surface area (Å²) in [5, 5.41) is 5.14. The van der Waals surface area contributed by atoms with Gasteiger partial charge in [0.15, 0.2) is 0 Å². The molecule has 144 valence electrons. The Kier molecular flexibility index (Phi) is 4.35. The third-order valence-corrected chi connectivity index (χ3v) is 6.51. The zero-order valence-corrected chi connectivity index (χ0v) is 16.5. The van der Waals surface area contributed by atoms with Crippen LogP contribution in [0.25, 0.3) is 22.2 Å². The first kappa shape index (κ1) is 18.1. The first-order valence-electron chi connectivity index (χ1n) is 8.55. The predicted molar refractivity (Wildman–Crippen MR) is 107 cm³/mol. The Hall–Kier alpha value is -3.26. The van der Waals surface area contributed by atoms with E-state index >= 15 is 0 Å². The molecule has 4 rings (SSSR count). The lowest BCUT2D eigenvalue weighted by molar-refractivity contribution is 0.414. The van der Waals surface area contributed by atoms with Crippen LogP contribution in [-0.4, -0.2) is 32.4 Å². The number of aryl methyl sites for hydroxylation is 1. The van der Waals surface area contributed by atoms with Gasteiger partial charge in [-0.3, -0.25) is 8.99 Å². The second-order valence-electron chi connectivity index (χ2n) is 6.29. The molecule has 0 bridgehead atoms. The van der Waals surface area contributed by atoms with E-state index in [9.17, 15) is 8.42 Å². The molecule has 0 fully saturated rings. The van der Waals surface area contributed by atoms with Crippen LogP contribution in [0.2, 0.25) is 0 Å². The van der Waals surface area contributed by atoms with Crippen LogP contribution in [0.1, 0.15) is 0 Å². The van der Waals surface area contributed by atoms with E-state index in [0.717, 1.165) is 10.9 Å². The fraction of sp³-hybridized carbons (Fsp3) is 0.150. The summed E-state index contributed by atoms with van der Waals surface area (Å²) >= 11 is 0. The van der Waals surface area contributed by atoms with E-state index in [0.29, 0.717) is 22.7 Å². The highest BCUT2D eigenvalue weighted by atomic mass is 32.2. The molecule has 0 atom stereocenters. The number of benzene rings is 2. The van der Waals surface area contributed by atoms with Gasteiger partial charge in [-0.05, 0) is 48.5 Å². The molecule has 0 aliphatic rings. The van der Waals surface area contributed by atoms with Gasteiger partial charge in [0.05, 0.1) is 35.7 Å². The van der Waals surface area contributed by atoms with Gasteiger partial charge in [0, 0.05) is 25.0 Å². The molecule has 0 radical (unpaired) electrons. The van der Waals surface area contributed by atoms with Crippen LogP contribution in [0.15, 0.2) is 70.3 Å². The van der Waals surface area contributed by atoms with Crippen LogP contribution in [-0.2, 0) is 17.1 Å². The molecule has 0 aliphatic carbocycles. The summed E-state index contributed by atoms with van der Waals surface area (Å²) in [5.41, 5.74) is 2.08. The number of rotatable bonds is 5. The highest BCUT2D eigenvalue weighted by molar-refractivity contribution is 7.92. The average molecular weight is 397 g/mol. The summed E-state index contributed by atoms with van der Waals surface area (Å²) in [6, 6.07) is 13.6. The van der Waals surface area contributed by atoms with Crippen LogP contribution in [0.4, 0.5) is 5.69 Å². The molecule has 8 heteroatoms. The van der Waals surface area contributed by atoms with E-state index in [1.165, 1.54) is 30.6 Å². The molecule has 7 nitrogen and oxygen atoms in total. The number of methoxy groups -OCH3 is 1. The molecule has 2 heterocycles. The van der Waals surface area contributed by atoms with Crippen molar-refractivity contribution in [2.24, 2.45) is 7.05 Å². The first-order valence-corrected chi connectivity index (χ1v) is 9.99. The van der Waals surface area contributed by atoms with Crippen molar-refractivity contribution in [2.45, 2.75) is 4.90 Å². The number of aromatic nitrogens is 2. The van der Waals surface area contributed by atoms with Crippen molar-refractivity contribution in [3.8, 4) is 17.1 Å². The summed E-state index contributed by atoms with van der Waals surface area (Å²) in [7, 11) is 1.10. The van der Waals surface area contributed by atoms with E-state index in [4.69, 9.17) is 9.15 Å². The van der Waals surface area contributed by atoms with Crippen LogP contribution in [0, 0.1) is 0 Å². The molecule has 2 aromatic heterocycles. The van der Waals surface area contributed by atoms with Crippen LogP contribution >= 0.6 is 0 Å². The van der Waals surface area contributed by atoms with Crippen LogP contribution in [0.5, 0.6) is 5.75 Å². The third-order valence-electron chi connectivity index (χ3n) is 4.72. The highest BCUT2D eigenvalue weighted by Crippen LogP contribution is 2.36. The van der Waals surface area contributed by atoms with Crippen LogP contribution < -0.4 is 9.04 Å². The van der Waals surface area contributed by atoms with Gasteiger partial charge >= 0.3 is 0 Å². The number of fused-ring (bicyclic) bond motifs is 1. The maximum absolute atomic E-state index is 13.2. The minimum absolute atomic E-state index is 0.182. The topological polar surface area (TPSA) is 77.6 Å². The summed E-state index contributed by atoms with van der Waals surface area (Å²) in [5.74, 6) is 1.30. The summed E-state index contributed by atoms with van der Waals surface area (Å²) in [4.78, 5) is 0.182. The van der Waals surface area contributed by atoms with Gasteiger partial charge in [0.2, 0.25) is 0 Å². The highest BCUT2D eigenvalue weighted by Gasteiger charge is 2.25. The number of hydrogen-bond donors (Lipinski definition) is 0. The molecule has 28 heavy (non-hydrogen) atoms. The Morgan fingerprint density at radius 3 is 2.50 bits per heavy atom. The van der Waals surface area contributed by atoms with E-state index < -0.39 is 10.0 Å². The number of sulfonamides is 1. The maximum Gasteiger partial charge on any atom is 0.264 e. The number of furan rings is 1. The van der Waals surface area contributed by atoms with Crippen molar-refractivity contribution in [1.82, 2.24) is 9.78 Å². The molecule has 2 aromatic carbocycles. The monoisotopic (exact) mass is 397 g/mol. The lowest BCUT2D eigenvalue weighted by Crippen LogP contribution is -2.27. The molecule has 4 aromatic rings. The predicted octanol–water partition coefficient (Wildman–Crippen LogP) is 3.67. The van der Waals surface area contributed by atoms with E-state index in [-0.39, 0.29) is 4.90 Å². The SMILES string of the molecule is COc1ccc(S(=O)(=O)N(C)c2ccc(-c3ccco3)c3cnn(C)c23)cc1. The number of nitrogens with zero attached hydrogens (tertiary/aromatic N) is 3. The standard InChI is InChI=1S/C20H19N3O4S/c1-22-20-17(13-21-22)16(19-5-4-12-27-19)10-11-18(20)23(2)28(24,25)15-8-6-14(26-3)7-9-15/h4-13H,1-3H3. The van der Waals surface area contributed by atoms with Gasteiger partial charge in [0.25, 0.3) is 10.0 Å². The molecular weight excluding hydrogens is 378 g/mol. The Morgan fingerprint density at radius 1 is 1.11 bits per heavy atom. The lowest BCUT2D eigenvalue weighted by atomic mass is 10.1. The smallest absolute Gasteiger partial charge is 0.264 e. The molecule has 0 spiro atoms. The quantitative estimate of drug-likeness (QED) is 0.513. The lowest BCUT2D eigenvalue weighted by Gasteiger charge is -2.21. The molecule has 0 saturated heterocycles. The Morgan fingerprint density at radius 2 is 1.86 bits per heavy atom. The second-order valence-corrected chi connectivity index (χ2v) is 8.26. The van der Waals surface area contributed by atoms with Gasteiger partial charge < -0.3 is 9.15 Å². The summed E-state index contributed by atoms with van der Waals surface area (Å²) in [6.07, 6.45) is 3.32. The third kappa shape index (κ3) is 2.82. The summed E-state index contributed by atoms with van der Waals surface area (Å²) in [6.45, 7) is 0. The van der Waals surface area contributed by atoms with Crippen molar-refractivity contribution in [3.05, 3.63) is 61.0 Å². The minimum Gasteiger partial charge on any atom is -0.497 e. The average Bonchev–Trinajstić information content (AvgIpc) is 3.37. The van der Waals surface area contributed by atoms with Gasteiger partial charge in [0.1, 0.15) is 11.5 Å². The van der Waals surface area contributed by atoms with E-state index in [1.54, 1.807) is 42.4 Å². The Balaban J connectivity index is 1.84. The van der Waals surface area contributed by atoms with Crippen molar-refractivity contribution in [3.63, 3.8) is 0 Å². The van der Waals surface area contributed by atoms with E-state index in [2.05, 4.69) is 5.10 Å². The zero-order chi connectivity index (χ0) is 19.9. The molecule has 0 N–H and O–H groups in total. The fourth-order valence-corrected chi connectivity index (χ4v) is 4.41. The number of ether oxygens (including phenoxy) is 1. The number of hydrogen-bond acceptors (Lipinski definition) is 5. The first-order chi connectivity index (χ1) is 13.4. The van der Waals surface area contributed by atoms with Gasteiger partial charge in [-0.25, -0.2) is 8.42 Å². The van der Waals surface area contributed by atoms with Crippen LogP contribution in [0.3, 0.4) is 0 Å². The minimum atomic E-state index is -3.76. The number of anilines is 1. The van der Waals surface area contributed by atoms with Crippen molar-refractivity contribution < 1.29 is 17.6 Å². The zero-order valence-electron chi connectivity index (χ0n) is 15.7. The normalized spacial score (nSPS) is 11.7. The fourth-order valence-electron chi connectivity index (χ4n) is 3.21. The van der Waals surface area contributed by atoms with Crippen molar-refractivity contribution >= 4 is 26.6 Å². The summed E-state index contributed by atoms with van der Waals surface area (Å²) < 4.78 is 39.9. The molecular formula is C20H19N3O4S.